The number of anilines is 1. The van der Waals surface area contributed by atoms with E-state index in [-0.39, 0.29) is 5.65 Å². The van der Waals surface area contributed by atoms with Gasteiger partial charge in [-0.1, -0.05) is 18.2 Å². The van der Waals surface area contributed by atoms with Crippen LogP contribution in [0.5, 0.6) is 0 Å². The predicted molar refractivity (Wildman–Crippen MR) is 104 cm³/mol. The van der Waals surface area contributed by atoms with Crippen molar-refractivity contribution >= 4 is 16.9 Å². The molecule has 9 heteroatoms. The molecule has 0 bridgehead atoms. The van der Waals surface area contributed by atoms with Crippen LogP contribution in [0.1, 0.15) is 24.1 Å². The number of pyridine rings is 1. The van der Waals surface area contributed by atoms with Gasteiger partial charge in [0.15, 0.2) is 5.65 Å². The molecule has 1 aliphatic rings. The highest BCUT2D eigenvalue weighted by molar-refractivity contribution is 5.88. The van der Waals surface area contributed by atoms with E-state index in [1.807, 2.05) is 4.90 Å². The number of aliphatic hydroxyl groups excluding tert-OH is 1. The summed E-state index contributed by atoms with van der Waals surface area (Å²) in [5.74, 6) is 0.401. The summed E-state index contributed by atoms with van der Waals surface area (Å²) in [5, 5.41) is 7.44. The number of hydrogen-bond donors (Lipinski definition) is 1. The van der Waals surface area contributed by atoms with E-state index in [9.17, 15) is 18.0 Å². The fourth-order valence-corrected chi connectivity index (χ4v) is 3.44. The Labute approximate surface area is 165 Å². The molecule has 0 radical (unpaired) electrons. The third kappa shape index (κ3) is 3.95. The number of hydrogen-bond acceptors (Lipinski definition) is 5. The van der Waals surface area contributed by atoms with Crippen LogP contribution in [0, 0.1) is 6.92 Å². The number of aryl methyl sites for hydroxylation is 1. The van der Waals surface area contributed by atoms with Gasteiger partial charge >= 0.3 is 11.9 Å². The summed E-state index contributed by atoms with van der Waals surface area (Å²) in [7, 11) is 1.00. The number of benzene rings is 1. The van der Waals surface area contributed by atoms with Crippen LogP contribution in [0.2, 0.25) is 0 Å². The van der Waals surface area contributed by atoms with Gasteiger partial charge in [-0.25, -0.2) is 14.3 Å². The molecule has 1 fully saturated rings. The molecule has 29 heavy (non-hydrogen) atoms. The largest absolute Gasteiger partial charge is 0.433 e. The number of para-hydroxylation sites is 1. The molecule has 154 valence electrons. The van der Waals surface area contributed by atoms with Gasteiger partial charge in [-0.05, 0) is 43.5 Å². The molecule has 1 N–H and O–H groups in total. The zero-order valence-electron chi connectivity index (χ0n) is 16.1. The highest BCUT2D eigenvalue weighted by Gasteiger charge is 2.33. The molecule has 0 aliphatic carbocycles. The lowest BCUT2D eigenvalue weighted by molar-refractivity contribution is -0.141. The van der Waals surface area contributed by atoms with Crippen LogP contribution >= 0.6 is 0 Å². The van der Waals surface area contributed by atoms with Crippen LogP contribution in [-0.4, -0.2) is 39.8 Å². The Morgan fingerprint density at radius 1 is 1.00 bits per heavy atom. The van der Waals surface area contributed by atoms with Crippen molar-refractivity contribution in [3.63, 3.8) is 0 Å². The van der Waals surface area contributed by atoms with E-state index >= 15 is 0 Å². The Morgan fingerprint density at radius 2 is 1.66 bits per heavy atom. The van der Waals surface area contributed by atoms with E-state index < -0.39 is 17.6 Å². The average molecular weight is 406 g/mol. The highest BCUT2D eigenvalue weighted by Crippen LogP contribution is 2.32. The summed E-state index contributed by atoms with van der Waals surface area (Å²) in [4.78, 5) is 22.8. The zero-order chi connectivity index (χ0) is 21.2. The lowest BCUT2D eigenvalue weighted by atomic mass is 10.2. The number of aliphatic hydroxyl groups is 1. The number of rotatable bonds is 2. The molecule has 3 heterocycles. The van der Waals surface area contributed by atoms with Gasteiger partial charge in [0.05, 0.1) is 11.1 Å². The second-order valence-electron chi connectivity index (χ2n) is 6.60. The highest BCUT2D eigenvalue weighted by atomic mass is 19.4. The predicted octanol–water partition coefficient (Wildman–Crippen LogP) is 3.32. The molecular formula is C20H21F3N4O2. The maximum absolute atomic E-state index is 13.3. The molecule has 0 spiro atoms. The molecule has 3 aromatic rings. The lowest BCUT2D eigenvalue weighted by Gasteiger charge is -2.20. The van der Waals surface area contributed by atoms with Crippen LogP contribution in [0.25, 0.3) is 16.7 Å². The summed E-state index contributed by atoms with van der Waals surface area (Å²) >= 11 is 0. The van der Waals surface area contributed by atoms with Crippen molar-refractivity contribution in [1.82, 2.24) is 14.5 Å². The minimum absolute atomic E-state index is 0.0268. The van der Waals surface area contributed by atoms with Crippen molar-refractivity contribution in [3.05, 3.63) is 58.1 Å². The molecule has 0 amide bonds. The average Bonchev–Trinajstić information content (AvgIpc) is 3.23. The first-order chi connectivity index (χ1) is 13.9. The lowest BCUT2D eigenvalue weighted by Crippen LogP contribution is -2.29. The normalized spacial score (nSPS) is 14.1. The second kappa shape index (κ2) is 8.20. The van der Waals surface area contributed by atoms with E-state index in [0.29, 0.717) is 16.9 Å². The Bertz CT molecular complexity index is 1070. The van der Waals surface area contributed by atoms with Crippen LogP contribution < -0.4 is 10.6 Å². The van der Waals surface area contributed by atoms with Crippen molar-refractivity contribution in [3.8, 4) is 5.69 Å². The van der Waals surface area contributed by atoms with Gasteiger partial charge in [-0.2, -0.15) is 18.2 Å². The van der Waals surface area contributed by atoms with Gasteiger partial charge in [-0.3, -0.25) is 0 Å². The third-order valence-corrected chi connectivity index (χ3v) is 4.77. The molecule has 0 unspecified atom stereocenters. The summed E-state index contributed by atoms with van der Waals surface area (Å²) < 4.78 is 40.9. The molecule has 6 nitrogen and oxygen atoms in total. The first-order valence-corrected chi connectivity index (χ1v) is 9.13. The molecule has 0 saturated carbocycles. The molecule has 2 aromatic heterocycles. The Hall–Kier alpha value is -2.94. The molecule has 0 atom stereocenters. The van der Waals surface area contributed by atoms with Gasteiger partial charge in [0, 0.05) is 20.2 Å². The number of alkyl halides is 3. The summed E-state index contributed by atoms with van der Waals surface area (Å²) in [5.41, 5.74) is -0.475. The summed E-state index contributed by atoms with van der Waals surface area (Å²) in [6, 6.07) is 9.29. The van der Waals surface area contributed by atoms with Crippen molar-refractivity contribution < 1.29 is 18.3 Å². The summed E-state index contributed by atoms with van der Waals surface area (Å²) in [6.45, 7) is 3.23. The van der Waals surface area contributed by atoms with Crippen LogP contribution in [0.3, 0.4) is 0 Å². The van der Waals surface area contributed by atoms with Gasteiger partial charge in [0.25, 0.3) is 0 Å². The Balaban J connectivity index is 0.00000117. The number of fused-ring (bicyclic) bond motifs is 1. The zero-order valence-corrected chi connectivity index (χ0v) is 16.1. The van der Waals surface area contributed by atoms with E-state index in [4.69, 9.17) is 5.11 Å². The first kappa shape index (κ1) is 20.8. The van der Waals surface area contributed by atoms with Crippen LogP contribution in [0.4, 0.5) is 19.0 Å². The van der Waals surface area contributed by atoms with Crippen molar-refractivity contribution in [2.24, 2.45) is 0 Å². The smallest absolute Gasteiger partial charge is 0.400 e. The summed E-state index contributed by atoms with van der Waals surface area (Å²) in [6.07, 6.45) is -2.69. The Kier molecular flexibility index (Phi) is 5.88. The van der Waals surface area contributed by atoms with E-state index in [1.165, 1.54) is 10.6 Å². The molecule has 1 saturated heterocycles. The Morgan fingerprint density at radius 3 is 2.28 bits per heavy atom. The molecule has 1 aromatic carbocycles. The maximum atomic E-state index is 13.3. The number of aromatic nitrogens is 3. The minimum Gasteiger partial charge on any atom is -0.400 e. The minimum atomic E-state index is -4.60. The fourth-order valence-electron chi connectivity index (χ4n) is 3.44. The van der Waals surface area contributed by atoms with Gasteiger partial charge in [0.2, 0.25) is 0 Å². The van der Waals surface area contributed by atoms with Gasteiger partial charge in [-0.15, -0.1) is 0 Å². The molecule has 1 aliphatic heterocycles. The molecule has 4 rings (SSSR count). The van der Waals surface area contributed by atoms with E-state index in [2.05, 4.69) is 9.97 Å². The van der Waals surface area contributed by atoms with E-state index in [0.717, 1.165) is 44.7 Å². The first-order valence-electron chi connectivity index (χ1n) is 9.13. The SMILES string of the molecule is CO.Cc1ccccc1-n1c(=O)nc(N2CCCC2)c2ccc(C(F)(F)F)nc21. The maximum Gasteiger partial charge on any atom is 0.433 e. The van der Waals surface area contributed by atoms with Crippen molar-refractivity contribution in [1.29, 1.82) is 0 Å². The van der Waals surface area contributed by atoms with Gasteiger partial charge < -0.3 is 10.0 Å². The van der Waals surface area contributed by atoms with Gasteiger partial charge in [0.1, 0.15) is 11.5 Å². The second-order valence-corrected chi connectivity index (χ2v) is 6.60. The topological polar surface area (TPSA) is 71.2 Å². The van der Waals surface area contributed by atoms with Crippen molar-refractivity contribution in [2.45, 2.75) is 25.9 Å². The van der Waals surface area contributed by atoms with Crippen LogP contribution in [0.15, 0.2) is 41.2 Å². The quantitative estimate of drug-likeness (QED) is 0.707. The number of halogens is 3. The third-order valence-electron chi connectivity index (χ3n) is 4.77. The molecular weight excluding hydrogens is 385 g/mol. The standard InChI is InChI=1S/C19H17F3N4O.CH4O/c1-12-6-2-3-7-14(12)26-17-13(8-9-15(23-17)19(20,21)22)16(24-18(26)27)25-10-4-5-11-25;1-2/h2-3,6-9H,4-5,10-11H2,1H3;2H,1H3. The number of nitrogens with zero attached hydrogens (tertiary/aromatic N) is 4. The van der Waals surface area contributed by atoms with Crippen LogP contribution in [-0.2, 0) is 6.18 Å². The van der Waals surface area contributed by atoms with E-state index in [1.54, 1.807) is 31.2 Å². The monoisotopic (exact) mass is 406 g/mol. The fraction of sp³-hybridized carbons (Fsp3) is 0.350. The van der Waals surface area contributed by atoms with Crippen molar-refractivity contribution in [2.75, 3.05) is 25.1 Å².